The molecule has 2 heterocycles. The average molecular weight is 194 g/mol. The second-order valence-corrected chi connectivity index (χ2v) is 3.04. The molecule has 1 aliphatic rings. The van der Waals surface area contributed by atoms with Crippen LogP contribution in [0.4, 0.5) is 5.95 Å². The molecule has 1 aromatic heterocycles. The Bertz CT molecular complexity index is 355. The fourth-order valence-corrected chi connectivity index (χ4v) is 1.40. The third-order valence-electron chi connectivity index (χ3n) is 2.09. The largest absolute Gasteiger partial charge is 0.360 e. The van der Waals surface area contributed by atoms with E-state index in [0.717, 1.165) is 0 Å². The van der Waals surface area contributed by atoms with E-state index in [9.17, 15) is 0 Å². The molecule has 1 aliphatic heterocycles. The SMILES string of the molecule is Cn1nnnc1N1CCOC(C#N)C1. The molecule has 0 aliphatic carbocycles. The van der Waals surface area contributed by atoms with Crippen LogP contribution in [0.2, 0.25) is 0 Å². The molecule has 2 rings (SSSR count). The second kappa shape index (κ2) is 3.59. The molecule has 0 radical (unpaired) electrons. The van der Waals surface area contributed by atoms with Gasteiger partial charge in [-0.15, -0.1) is 0 Å². The number of aryl methyl sites for hydroxylation is 1. The lowest BCUT2D eigenvalue weighted by atomic mass is 10.3. The van der Waals surface area contributed by atoms with Crippen LogP contribution in [0.15, 0.2) is 0 Å². The van der Waals surface area contributed by atoms with Gasteiger partial charge in [0.15, 0.2) is 6.10 Å². The van der Waals surface area contributed by atoms with Crippen molar-refractivity contribution in [2.45, 2.75) is 6.10 Å². The molecule has 1 saturated heterocycles. The van der Waals surface area contributed by atoms with Gasteiger partial charge in [-0.3, -0.25) is 0 Å². The lowest BCUT2D eigenvalue weighted by Gasteiger charge is -2.29. The van der Waals surface area contributed by atoms with E-state index in [4.69, 9.17) is 10.00 Å². The summed E-state index contributed by atoms with van der Waals surface area (Å²) in [6, 6.07) is 2.07. The molecule has 0 spiro atoms. The Hall–Kier alpha value is -1.68. The van der Waals surface area contributed by atoms with Gasteiger partial charge in [-0.25, -0.2) is 4.68 Å². The van der Waals surface area contributed by atoms with Crippen LogP contribution in [0, 0.1) is 11.3 Å². The van der Waals surface area contributed by atoms with Crippen LogP contribution in [0.1, 0.15) is 0 Å². The van der Waals surface area contributed by atoms with Gasteiger partial charge in [0.25, 0.3) is 0 Å². The van der Waals surface area contributed by atoms with Gasteiger partial charge in [-0.2, -0.15) is 5.26 Å². The Labute approximate surface area is 80.9 Å². The summed E-state index contributed by atoms with van der Waals surface area (Å²) in [6.45, 7) is 1.77. The average Bonchev–Trinajstić information content (AvgIpc) is 2.65. The molecule has 0 aromatic carbocycles. The quantitative estimate of drug-likeness (QED) is 0.567. The molecule has 1 fully saturated rings. The predicted molar refractivity (Wildman–Crippen MR) is 46.4 cm³/mol. The van der Waals surface area contributed by atoms with Gasteiger partial charge in [-0.05, 0) is 10.4 Å². The van der Waals surface area contributed by atoms with Crippen molar-refractivity contribution in [1.82, 2.24) is 20.2 Å². The minimum Gasteiger partial charge on any atom is -0.360 e. The zero-order chi connectivity index (χ0) is 9.97. The molecular formula is C7H10N6O. The molecule has 0 saturated carbocycles. The first-order chi connectivity index (χ1) is 6.81. The number of tetrazole rings is 1. The van der Waals surface area contributed by atoms with Crippen LogP contribution < -0.4 is 4.90 Å². The fraction of sp³-hybridized carbons (Fsp3) is 0.714. The number of ether oxygens (including phenoxy) is 1. The Morgan fingerprint density at radius 2 is 2.50 bits per heavy atom. The molecule has 1 unspecified atom stereocenters. The van der Waals surface area contributed by atoms with Crippen LogP contribution >= 0.6 is 0 Å². The van der Waals surface area contributed by atoms with Crippen molar-refractivity contribution >= 4 is 5.95 Å². The van der Waals surface area contributed by atoms with E-state index >= 15 is 0 Å². The molecule has 7 heteroatoms. The first-order valence-electron chi connectivity index (χ1n) is 4.30. The number of aromatic nitrogens is 4. The summed E-state index contributed by atoms with van der Waals surface area (Å²) in [5, 5.41) is 19.9. The minimum absolute atomic E-state index is 0.388. The van der Waals surface area contributed by atoms with Crippen molar-refractivity contribution in [2.75, 3.05) is 24.6 Å². The van der Waals surface area contributed by atoms with Crippen molar-refractivity contribution < 1.29 is 4.74 Å². The topological polar surface area (TPSA) is 79.9 Å². The summed E-state index contributed by atoms with van der Waals surface area (Å²) in [7, 11) is 1.77. The van der Waals surface area contributed by atoms with E-state index < -0.39 is 0 Å². The Kier molecular flexibility index (Phi) is 2.28. The Morgan fingerprint density at radius 3 is 3.14 bits per heavy atom. The Morgan fingerprint density at radius 1 is 1.64 bits per heavy atom. The number of anilines is 1. The molecule has 74 valence electrons. The number of hydrogen-bond acceptors (Lipinski definition) is 6. The monoisotopic (exact) mass is 194 g/mol. The summed E-state index contributed by atoms with van der Waals surface area (Å²) in [4.78, 5) is 1.94. The van der Waals surface area contributed by atoms with Gasteiger partial charge in [0.05, 0.1) is 19.2 Å². The summed E-state index contributed by atoms with van der Waals surface area (Å²) < 4.78 is 6.80. The molecule has 1 atom stereocenters. The van der Waals surface area contributed by atoms with Crippen LogP contribution in [0.25, 0.3) is 0 Å². The maximum absolute atomic E-state index is 8.72. The zero-order valence-electron chi connectivity index (χ0n) is 7.79. The number of nitrogens with zero attached hydrogens (tertiary/aromatic N) is 6. The smallest absolute Gasteiger partial charge is 0.245 e. The highest BCUT2D eigenvalue weighted by Gasteiger charge is 2.23. The van der Waals surface area contributed by atoms with Crippen molar-refractivity contribution in [3.05, 3.63) is 0 Å². The minimum atomic E-state index is -0.388. The molecule has 0 N–H and O–H groups in total. The van der Waals surface area contributed by atoms with E-state index in [1.165, 1.54) is 0 Å². The third-order valence-corrected chi connectivity index (χ3v) is 2.09. The van der Waals surface area contributed by atoms with Gasteiger partial charge in [0.1, 0.15) is 0 Å². The third kappa shape index (κ3) is 1.52. The number of hydrogen-bond donors (Lipinski definition) is 0. The molecular weight excluding hydrogens is 184 g/mol. The fourth-order valence-electron chi connectivity index (χ4n) is 1.40. The van der Waals surface area contributed by atoms with Crippen LogP contribution in [0.5, 0.6) is 0 Å². The van der Waals surface area contributed by atoms with E-state index in [1.54, 1.807) is 11.7 Å². The summed E-state index contributed by atoms with van der Waals surface area (Å²) in [5.74, 6) is 0.675. The summed E-state index contributed by atoms with van der Waals surface area (Å²) in [5.41, 5.74) is 0. The maximum atomic E-state index is 8.72. The highest BCUT2D eigenvalue weighted by molar-refractivity contribution is 5.29. The lowest BCUT2D eigenvalue weighted by molar-refractivity contribution is 0.0755. The van der Waals surface area contributed by atoms with Gasteiger partial charge >= 0.3 is 0 Å². The Balaban J connectivity index is 2.12. The molecule has 0 amide bonds. The van der Waals surface area contributed by atoms with Gasteiger partial charge in [0, 0.05) is 13.6 Å². The first kappa shape index (κ1) is 8.90. The highest BCUT2D eigenvalue weighted by atomic mass is 16.5. The molecule has 1 aromatic rings. The summed E-state index contributed by atoms with van der Waals surface area (Å²) in [6.07, 6.45) is -0.388. The van der Waals surface area contributed by atoms with Crippen molar-refractivity contribution in [2.24, 2.45) is 7.05 Å². The molecule has 7 nitrogen and oxygen atoms in total. The number of rotatable bonds is 1. The van der Waals surface area contributed by atoms with Crippen molar-refractivity contribution in [3.8, 4) is 6.07 Å². The second-order valence-electron chi connectivity index (χ2n) is 3.04. The highest BCUT2D eigenvalue weighted by Crippen LogP contribution is 2.11. The van der Waals surface area contributed by atoms with Crippen molar-refractivity contribution in [1.29, 1.82) is 5.26 Å². The molecule has 14 heavy (non-hydrogen) atoms. The van der Waals surface area contributed by atoms with E-state index in [1.807, 2.05) is 4.90 Å². The number of morpholine rings is 1. The lowest BCUT2D eigenvalue weighted by Crippen LogP contribution is -2.43. The maximum Gasteiger partial charge on any atom is 0.245 e. The molecule has 0 bridgehead atoms. The number of nitriles is 1. The van der Waals surface area contributed by atoms with Crippen LogP contribution in [-0.2, 0) is 11.8 Å². The normalized spacial score (nSPS) is 22.0. The van der Waals surface area contributed by atoms with Crippen molar-refractivity contribution in [3.63, 3.8) is 0 Å². The van der Waals surface area contributed by atoms with Gasteiger partial charge in [0.2, 0.25) is 5.95 Å². The first-order valence-corrected chi connectivity index (χ1v) is 4.30. The van der Waals surface area contributed by atoms with Crippen LogP contribution in [-0.4, -0.2) is 46.0 Å². The standard InChI is InChI=1S/C7H10N6O/c1-12-7(9-10-11-12)13-2-3-14-6(4-8)5-13/h6H,2-3,5H2,1H3. The predicted octanol–water partition coefficient (Wildman–Crippen LogP) is -1.06. The van der Waals surface area contributed by atoms with E-state index in [0.29, 0.717) is 25.6 Å². The van der Waals surface area contributed by atoms with Gasteiger partial charge in [-0.1, -0.05) is 5.10 Å². The van der Waals surface area contributed by atoms with E-state index in [2.05, 4.69) is 21.6 Å². The van der Waals surface area contributed by atoms with E-state index in [-0.39, 0.29) is 6.10 Å². The van der Waals surface area contributed by atoms with Crippen LogP contribution in [0.3, 0.4) is 0 Å². The zero-order valence-corrected chi connectivity index (χ0v) is 7.79. The van der Waals surface area contributed by atoms with Gasteiger partial charge < -0.3 is 9.64 Å². The summed E-state index contributed by atoms with van der Waals surface area (Å²) >= 11 is 0.